The molecule has 0 saturated heterocycles. The lowest BCUT2D eigenvalue weighted by molar-refractivity contribution is 0.536. The molecule has 0 spiro atoms. The molecule has 5 heteroatoms. The Kier molecular flexibility index (Phi) is 4.71. The van der Waals surface area contributed by atoms with Crippen LogP contribution in [0.15, 0.2) is 45.3 Å². The minimum absolute atomic E-state index is 0.00171. The zero-order valence-electron chi connectivity index (χ0n) is 9.84. The maximum Gasteiger partial charge on any atom is 0.143 e. The van der Waals surface area contributed by atoms with E-state index in [9.17, 15) is 8.78 Å². The van der Waals surface area contributed by atoms with Gasteiger partial charge in [-0.2, -0.15) is 0 Å². The lowest BCUT2D eigenvalue weighted by atomic mass is 9.99. The van der Waals surface area contributed by atoms with Crippen LogP contribution >= 0.6 is 31.9 Å². The lowest BCUT2D eigenvalue weighted by Crippen LogP contribution is -2.15. The largest absolute Gasteiger partial charge is 0.324 e. The molecule has 0 radical (unpaired) electrons. The van der Waals surface area contributed by atoms with Gasteiger partial charge in [0.2, 0.25) is 0 Å². The summed E-state index contributed by atoms with van der Waals surface area (Å²) in [5.41, 5.74) is 6.84. The first kappa shape index (κ1) is 14.6. The quantitative estimate of drug-likeness (QED) is 0.753. The van der Waals surface area contributed by atoms with Crippen LogP contribution < -0.4 is 5.73 Å². The number of benzene rings is 2. The fourth-order valence-corrected chi connectivity index (χ4v) is 2.62. The van der Waals surface area contributed by atoms with Gasteiger partial charge in [0.1, 0.15) is 11.6 Å². The zero-order valence-corrected chi connectivity index (χ0v) is 13.0. The first-order valence-corrected chi connectivity index (χ1v) is 7.21. The minimum Gasteiger partial charge on any atom is -0.324 e. The van der Waals surface area contributed by atoms with E-state index in [1.165, 1.54) is 12.1 Å². The van der Waals surface area contributed by atoms with E-state index in [0.717, 1.165) is 10.0 Å². The van der Waals surface area contributed by atoms with Crippen molar-refractivity contribution >= 4 is 31.9 Å². The van der Waals surface area contributed by atoms with Crippen molar-refractivity contribution in [1.29, 1.82) is 0 Å². The van der Waals surface area contributed by atoms with Crippen LogP contribution in [0.25, 0.3) is 0 Å². The molecule has 0 aliphatic carbocycles. The Balaban J connectivity index is 2.29. The van der Waals surface area contributed by atoms with Crippen molar-refractivity contribution in [2.45, 2.75) is 12.5 Å². The van der Waals surface area contributed by atoms with Gasteiger partial charge in [0.05, 0.1) is 4.47 Å². The van der Waals surface area contributed by atoms with Crippen LogP contribution in [0.1, 0.15) is 17.2 Å². The second kappa shape index (κ2) is 6.11. The van der Waals surface area contributed by atoms with Crippen molar-refractivity contribution in [2.75, 3.05) is 0 Å². The third-order valence-electron chi connectivity index (χ3n) is 2.84. The molecule has 1 atom stereocenters. The first-order valence-electron chi connectivity index (χ1n) is 5.62. The van der Waals surface area contributed by atoms with Crippen LogP contribution in [-0.2, 0) is 6.42 Å². The maximum absolute atomic E-state index is 13.9. The van der Waals surface area contributed by atoms with E-state index < -0.39 is 17.7 Å². The van der Waals surface area contributed by atoms with Crippen LogP contribution in [0, 0.1) is 11.6 Å². The van der Waals surface area contributed by atoms with E-state index in [1.807, 2.05) is 24.3 Å². The Bertz CT molecular complexity index is 602. The van der Waals surface area contributed by atoms with Gasteiger partial charge in [-0.3, -0.25) is 0 Å². The Morgan fingerprint density at radius 1 is 1.11 bits per heavy atom. The Hall–Kier alpha value is -0.780. The second-order valence-corrected chi connectivity index (χ2v) is 5.96. The maximum atomic E-state index is 13.9. The van der Waals surface area contributed by atoms with Crippen LogP contribution in [0.3, 0.4) is 0 Å². The van der Waals surface area contributed by atoms with Crippen LogP contribution in [0.4, 0.5) is 8.78 Å². The van der Waals surface area contributed by atoms with Crippen molar-refractivity contribution in [3.05, 3.63) is 68.1 Å². The van der Waals surface area contributed by atoms with Gasteiger partial charge in [-0.1, -0.05) is 28.1 Å². The number of hydrogen-bond donors (Lipinski definition) is 1. The van der Waals surface area contributed by atoms with E-state index in [4.69, 9.17) is 5.73 Å². The molecule has 0 saturated carbocycles. The second-order valence-electron chi connectivity index (χ2n) is 4.19. The lowest BCUT2D eigenvalue weighted by Gasteiger charge is -2.14. The fourth-order valence-electron chi connectivity index (χ4n) is 1.83. The number of nitrogens with two attached hydrogens (primary N) is 1. The highest BCUT2D eigenvalue weighted by Crippen LogP contribution is 2.26. The molecule has 0 aliphatic heterocycles. The molecular formula is C14H11Br2F2N. The van der Waals surface area contributed by atoms with Gasteiger partial charge in [0.15, 0.2) is 0 Å². The Morgan fingerprint density at radius 2 is 1.84 bits per heavy atom. The molecule has 1 unspecified atom stereocenters. The molecular weight excluding hydrogens is 380 g/mol. The molecule has 0 fully saturated rings. The van der Waals surface area contributed by atoms with Crippen molar-refractivity contribution in [1.82, 2.24) is 0 Å². The van der Waals surface area contributed by atoms with Gasteiger partial charge in [-0.15, -0.1) is 0 Å². The van der Waals surface area contributed by atoms with Gasteiger partial charge >= 0.3 is 0 Å². The van der Waals surface area contributed by atoms with Crippen molar-refractivity contribution in [2.24, 2.45) is 5.73 Å². The molecule has 0 amide bonds. The van der Waals surface area contributed by atoms with E-state index in [0.29, 0.717) is 0 Å². The summed E-state index contributed by atoms with van der Waals surface area (Å²) in [6.07, 6.45) is 0.105. The first-order chi connectivity index (χ1) is 8.99. The Labute approximate surface area is 127 Å². The van der Waals surface area contributed by atoms with Gasteiger partial charge in [-0.05, 0) is 52.2 Å². The zero-order chi connectivity index (χ0) is 14.0. The standard InChI is InChI=1S/C14H11Br2F2N/c15-9-3-1-2-8(6-9)13(19)7-10-12(17)5-4-11(16)14(10)18/h1-6,13H,7,19H2. The van der Waals surface area contributed by atoms with Crippen molar-refractivity contribution in [3.8, 4) is 0 Å². The molecule has 2 N–H and O–H groups in total. The fraction of sp³-hybridized carbons (Fsp3) is 0.143. The molecule has 19 heavy (non-hydrogen) atoms. The average Bonchev–Trinajstić information content (AvgIpc) is 2.39. The summed E-state index contributed by atoms with van der Waals surface area (Å²) < 4.78 is 28.7. The van der Waals surface area contributed by atoms with Gasteiger partial charge in [0.25, 0.3) is 0 Å². The minimum atomic E-state index is -0.592. The van der Waals surface area contributed by atoms with E-state index in [2.05, 4.69) is 31.9 Å². The summed E-state index contributed by atoms with van der Waals surface area (Å²) in [5.74, 6) is -1.17. The monoisotopic (exact) mass is 389 g/mol. The smallest absolute Gasteiger partial charge is 0.143 e. The number of rotatable bonds is 3. The third-order valence-corrected chi connectivity index (χ3v) is 3.95. The summed E-state index contributed by atoms with van der Waals surface area (Å²) in [5, 5.41) is 0. The molecule has 100 valence electrons. The SMILES string of the molecule is NC(Cc1c(F)ccc(Br)c1F)c1cccc(Br)c1. The van der Waals surface area contributed by atoms with Gasteiger partial charge in [-0.25, -0.2) is 8.78 Å². The average molecular weight is 391 g/mol. The predicted molar refractivity (Wildman–Crippen MR) is 78.8 cm³/mol. The molecule has 0 aromatic heterocycles. The molecule has 0 bridgehead atoms. The highest BCUT2D eigenvalue weighted by Gasteiger charge is 2.16. The highest BCUT2D eigenvalue weighted by atomic mass is 79.9. The molecule has 2 aromatic carbocycles. The van der Waals surface area contributed by atoms with Crippen molar-refractivity contribution in [3.63, 3.8) is 0 Å². The molecule has 2 aromatic rings. The highest BCUT2D eigenvalue weighted by molar-refractivity contribution is 9.10. The van der Waals surface area contributed by atoms with Crippen LogP contribution in [0.5, 0.6) is 0 Å². The molecule has 2 rings (SSSR count). The van der Waals surface area contributed by atoms with E-state index in [-0.39, 0.29) is 16.5 Å². The third kappa shape index (κ3) is 3.41. The molecule has 0 aliphatic rings. The normalized spacial score (nSPS) is 12.5. The number of hydrogen-bond acceptors (Lipinski definition) is 1. The summed E-state index contributed by atoms with van der Waals surface area (Å²) in [6.45, 7) is 0. The summed E-state index contributed by atoms with van der Waals surface area (Å²) in [6, 6.07) is 9.51. The predicted octanol–water partition coefficient (Wildman–Crippen LogP) is 4.73. The number of halogens is 4. The van der Waals surface area contributed by atoms with Crippen LogP contribution in [-0.4, -0.2) is 0 Å². The summed E-state index contributed by atoms with van der Waals surface area (Å²) in [7, 11) is 0. The van der Waals surface area contributed by atoms with Crippen molar-refractivity contribution < 1.29 is 8.78 Å². The van der Waals surface area contributed by atoms with Crippen LogP contribution in [0.2, 0.25) is 0 Å². The summed E-state index contributed by atoms with van der Waals surface area (Å²) >= 11 is 6.39. The van der Waals surface area contributed by atoms with Gasteiger partial charge in [0, 0.05) is 16.1 Å². The Morgan fingerprint density at radius 3 is 2.53 bits per heavy atom. The molecule has 1 nitrogen and oxygen atoms in total. The molecule has 0 heterocycles. The van der Waals surface area contributed by atoms with Gasteiger partial charge < -0.3 is 5.73 Å². The van der Waals surface area contributed by atoms with E-state index >= 15 is 0 Å². The summed E-state index contributed by atoms with van der Waals surface area (Å²) in [4.78, 5) is 0. The van der Waals surface area contributed by atoms with E-state index in [1.54, 1.807) is 0 Å². The topological polar surface area (TPSA) is 26.0 Å².